The molecular weight excluding hydrogens is 368 g/mol. The lowest BCUT2D eigenvalue weighted by atomic mass is 9.95. The summed E-state index contributed by atoms with van der Waals surface area (Å²) in [4.78, 5) is 4.57. The fourth-order valence-corrected chi connectivity index (χ4v) is 3.84. The van der Waals surface area contributed by atoms with Gasteiger partial charge in [-0.05, 0) is 73.4 Å². The van der Waals surface area contributed by atoms with E-state index >= 15 is 0 Å². The molecule has 0 saturated heterocycles. The lowest BCUT2D eigenvalue weighted by molar-refractivity contribution is 0.341. The molecule has 0 radical (unpaired) electrons. The van der Waals surface area contributed by atoms with E-state index in [4.69, 9.17) is 10.5 Å². The summed E-state index contributed by atoms with van der Waals surface area (Å²) >= 11 is 0. The Labute approximate surface area is 178 Å². The number of rotatable bonds is 5. The minimum atomic E-state index is 0.615. The van der Waals surface area contributed by atoms with Crippen LogP contribution < -0.4 is 10.5 Å². The van der Waals surface area contributed by atoms with Crippen LogP contribution >= 0.6 is 0 Å². The summed E-state index contributed by atoms with van der Waals surface area (Å²) < 4.78 is 5.78. The van der Waals surface area contributed by atoms with Crippen molar-refractivity contribution >= 4 is 5.69 Å². The van der Waals surface area contributed by atoms with Crippen LogP contribution in [0.2, 0.25) is 0 Å². The van der Waals surface area contributed by atoms with E-state index in [1.54, 1.807) is 0 Å². The van der Waals surface area contributed by atoms with Crippen LogP contribution in [0.1, 0.15) is 18.1 Å². The molecule has 4 rings (SSSR count). The number of benzene rings is 3. The van der Waals surface area contributed by atoms with Gasteiger partial charge in [0, 0.05) is 23.0 Å². The van der Waals surface area contributed by atoms with E-state index < -0.39 is 0 Å². The molecule has 3 aromatic carbocycles. The van der Waals surface area contributed by atoms with Gasteiger partial charge in [-0.3, -0.25) is 4.98 Å². The van der Waals surface area contributed by atoms with Gasteiger partial charge >= 0.3 is 0 Å². The molecule has 4 aromatic rings. The molecule has 0 spiro atoms. The first kappa shape index (κ1) is 19.7. The third kappa shape index (κ3) is 3.92. The molecule has 0 saturated carbocycles. The van der Waals surface area contributed by atoms with Crippen LogP contribution in [-0.2, 0) is 0 Å². The lowest BCUT2D eigenvalue weighted by Gasteiger charge is -2.13. The van der Waals surface area contributed by atoms with Crippen molar-refractivity contribution < 1.29 is 4.74 Å². The first-order valence-corrected chi connectivity index (χ1v) is 10.2. The van der Waals surface area contributed by atoms with E-state index in [9.17, 15) is 0 Å². The number of aryl methyl sites for hydroxylation is 2. The van der Waals surface area contributed by atoms with Crippen LogP contribution in [0.15, 0.2) is 79.0 Å². The second kappa shape index (κ2) is 8.42. The standard InChI is InChI=1S/C27H26N2O/c1-4-30-27-8-6-5-7-24(27)26-17-21(13-14-29-26)23-12-10-20(16-25(23)28)22-11-9-18(2)15-19(22)3/h5-17H,4,28H2,1-3H3. The topological polar surface area (TPSA) is 48.1 Å². The molecule has 0 aliphatic heterocycles. The normalized spacial score (nSPS) is 10.8. The number of nitrogen functional groups attached to an aromatic ring is 1. The third-order valence-corrected chi connectivity index (χ3v) is 5.28. The van der Waals surface area contributed by atoms with Gasteiger partial charge in [0.2, 0.25) is 0 Å². The van der Waals surface area contributed by atoms with Gasteiger partial charge in [-0.2, -0.15) is 0 Å². The van der Waals surface area contributed by atoms with Crippen LogP contribution in [0.25, 0.3) is 33.5 Å². The van der Waals surface area contributed by atoms with Crippen LogP contribution in [-0.4, -0.2) is 11.6 Å². The molecule has 0 aliphatic carbocycles. The molecule has 150 valence electrons. The Bertz CT molecular complexity index is 1200. The van der Waals surface area contributed by atoms with Crippen molar-refractivity contribution in [3.63, 3.8) is 0 Å². The van der Waals surface area contributed by atoms with Crippen LogP contribution in [0.3, 0.4) is 0 Å². The minimum Gasteiger partial charge on any atom is -0.493 e. The maximum absolute atomic E-state index is 6.49. The molecule has 0 unspecified atom stereocenters. The smallest absolute Gasteiger partial charge is 0.128 e. The number of anilines is 1. The van der Waals surface area contributed by atoms with Gasteiger partial charge in [0.25, 0.3) is 0 Å². The molecular formula is C27H26N2O. The summed E-state index contributed by atoms with van der Waals surface area (Å²) in [5.74, 6) is 0.836. The Kier molecular flexibility index (Phi) is 5.53. The summed E-state index contributed by atoms with van der Waals surface area (Å²) in [6, 6.07) is 24.8. The zero-order valence-electron chi connectivity index (χ0n) is 17.6. The van der Waals surface area contributed by atoms with Gasteiger partial charge in [-0.1, -0.05) is 48.0 Å². The van der Waals surface area contributed by atoms with Gasteiger partial charge in [-0.15, -0.1) is 0 Å². The number of para-hydroxylation sites is 1. The van der Waals surface area contributed by atoms with E-state index in [0.717, 1.165) is 39.4 Å². The highest BCUT2D eigenvalue weighted by molar-refractivity contribution is 5.83. The molecule has 0 amide bonds. The lowest BCUT2D eigenvalue weighted by Crippen LogP contribution is -1.96. The number of hydrogen-bond donors (Lipinski definition) is 1. The van der Waals surface area contributed by atoms with E-state index in [0.29, 0.717) is 6.61 Å². The molecule has 1 aromatic heterocycles. The van der Waals surface area contributed by atoms with Gasteiger partial charge in [0.1, 0.15) is 5.75 Å². The second-order valence-corrected chi connectivity index (χ2v) is 7.48. The van der Waals surface area contributed by atoms with E-state index in [-0.39, 0.29) is 0 Å². The monoisotopic (exact) mass is 394 g/mol. The highest BCUT2D eigenvalue weighted by atomic mass is 16.5. The van der Waals surface area contributed by atoms with Crippen molar-refractivity contribution in [1.29, 1.82) is 0 Å². The highest BCUT2D eigenvalue weighted by Crippen LogP contribution is 2.35. The molecule has 0 fully saturated rings. The summed E-state index contributed by atoms with van der Waals surface area (Å²) in [5.41, 5.74) is 16.0. The maximum atomic E-state index is 6.49. The average molecular weight is 395 g/mol. The van der Waals surface area contributed by atoms with Gasteiger partial charge in [-0.25, -0.2) is 0 Å². The number of ether oxygens (including phenoxy) is 1. The largest absolute Gasteiger partial charge is 0.493 e. The predicted octanol–water partition coefficient (Wildman–Crippen LogP) is 6.68. The molecule has 1 heterocycles. The van der Waals surface area contributed by atoms with Crippen molar-refractivity contribution in [2.75, 3.05) is 12.3 Å². The van der Waals surface area contributed by atoms with Crippen molar-refractivity contribution in [2.45, 2.75) is 20.8 Å². The molecule has 3 nitrogen and oxygen atoms in total. The summed E-state index contributed by atoms with van der Waals surface area (Å²) in [7, 11) is 0. The van der Waals surface area contributed by atoms with Crippen molar-refractivity contribution in [3.05, 3.63) is 90.1 Å². The summed E-state index contributed by atoms with van der Waals surface area (Å²) in [6.45, 7) is 6.85. The molecule has 3 heteroatoms. The number of hydrogen-bond acceptors (Lipinski definition) is 3. The number of pyridine rings is 1. The Balaban J connectivity index is 1.73. The van der Waals surface area contributed by atoms with Gasteiger partial charge in [0.15, 0.2) is 0 Å². The minimum absolute atomic E-state index is 0.615. The molecule has 0 atom stereocenters. The number of aromatic nitrogens is 1. The molecule has 0 aliphatic rings. The van der Waals surface area contributed by atoms with Crippen LogP contribution in [0.4, 0.5) is 5.69 Å². The van der Waals surface area contributed by atoms with Crippen LogP contribution in [0, 0.1) is 13.8 Å². The van der Waals surface area contributed by atoms with E-state index in [1.807, 2.05) is 43.5 Å². The SMILES string of the molecule is CCOc1ccccc1-c1cc(-c2ccc(-c3ccc(C)cc3C)cc2N)ccn1. The molecule has 30 heavy (non-hydrogen) atoms. The quantitative estimate of drug-likeness (QED) is 0.384. The zero-order chi connectivity index (χ0) is 21.1. The highest BCUT2D eigenvalue weighted by Gasteiger charge is 2.11. The Morgan fingerprint density at radius 1 is 0.800 bits per heavy atom. The van der Waals surface area contributed by atoms with Crippen LogP contribution in [0.5, 0.6) is 5.75 Å². The zero-order valence-corrected chi connectivity index (χ0v) is 17.6. The van der Waals surface area contributed by atoms with Gasteiger partial charge < -0.3 is 10.5 Å². The second-order valence-electron chi connectivity index (χ2n) is 7.48. The maximum Gasteiger partial charge on any atom is 0.128 e. The Hall–Kier alpha value is -3.59. The van der Waals surface area contributed by atoms with Crippen molar-refractivity contribution in [1.82, 2.24) is 4.98 Å². The third-order valence-electron chi connectivity index (χ3n) is 5.28. The van der Waals surface area contributed by atoms with Gasteiger partial charge in [0.05, 0.1) is 12.3 Å². The fourth-order valence-electron chi connectivity index (χ4n) is 3.84. The predicted molar refractivity (Wildman–Crippen MR) is 126 cm³/mol. The Morgan fingerprint density at radius 3 is 2.33 bits per heavy atom. The molecule has 2 N–H and O–H groups in total. The number of nitrogens with two attached hydrogens (primary N) is 1. The first-order chi connectivity index (χ1) is 14.6. The molecule has 0 bridgehead atoms. The summed E-state index contributed by atoms with van der Waals surface area (Å²) in [5, 5.41) is 0. The van der Waals surface area contributed by atoms with Crippen molar-refractivity contribution in [3.8, 4) is 39.3 Å². The average Bonchev–Trinajstić information content (AvgIpc) is 2.74. The fraction of sp³-hybridized carbons (Fsp3) is 0.148. The summed E-state index contributed by atoms with van der Waals surface area (Å²) in [6.07, 6.45) is 1.82. The van der Waals surface area contributed by atoms with Crippen molar-refractivity contribution in [2.24, 2.45) is 0 Å². The first-order valence-electron chi connectivity index (χ1n) is 10.2. The number of nitrogens with zero attached hydrogens (tertiary/aromatic N) is 1. The van der Waals surface area contributed by atoms with E-state index in [1.165, 1.54) is 16.7 Å². The van der Waals surface area contributed by atoms with E-state index in [2.05, 4.69) is 61.3 Å². The Morgan fingerprint density at radius 2 is 1.57 bits per heavy atom.